The predicted octanol–water partition coefficient (Wildman–Crippen LogP) is 3.25. The largest absolute Gasteiger partial charge is 0.450 e. The second-order valence-electron chi connectivity index (χ2n) is 4.27. The number of hydrogen-bond acceptors (Lipinski definition) is 5. The zero-order valence-electron chi connectivity index (χ0n) is 11.1. The summed E-state index contributed by atoms with van der Waals surface area (Å²) >= 11 is 0. The van der Waals surface area contributed by atoms with Gasteiger partial charge in [-0.05, 0) is 18.6 Å². The van der Waals surface area contributed by atoms with Crippen LogP contribution >= 0.6 is 12.4 Å². The van der Waals surface area contributed by atoms with Gasteiger partial charge >= 0.3 is 0 Å². The first kappa shape index (κ1) is 14.6. The van der Waals surface area contributed by atoms with E-state index < -0.39 is 0 Å². The molecule has 5 nitrogen and oxygen atoms in total. The molecule has 6 heteroatoms. The average Bonchev–Trinajstić information content (AvgIpc) is 2.83. The summed E-state index contributed by atoms with van der Waals surface area (Å²) in [5.41, 5.74) is 2.39. The molecule has 1 aromatic carbocycles. The van der Waals surface area contributed by atoms with Gasteiger partial charge < -0.3 is 14.5 Å². The molecule has 0 spiro atoms. The number of anilines is 1. The molecule has 106 valence electrons. The zero-order chi connectivity index (χ0) is 13.1. The summed E-state index contributed by atoms with van der Waals surface area (Å²) in [6.45, 7) is 1.51. The lowest BCUT2D eigenvalue weighted by Gasteiger charge is -2.04. The van der Waals surface area contributed by atoms with Crippen molar-refractivity contribution in [2.45, 2.75) is 6.42 Å². The number of benzene rings is 1. The standard InChI is InChI=1S/C14H15N3O2.ClH/c1-18-8-4-7-15-14-13-12(16-9-17-14)10-5-2-3-6-11(10)19-13;/h2-3,5-6,9H,4,7-8H2,1H3,(H,15,16,17);1H. The Hall–Kier alpha value is -1.85. The monoisotopic (exact) mass is 293 g/mol. The number of methoxy groups -OCH3 is 1. The first-order valence-corrected chi connectivity index (χ1v) is 6.25. The van der Waals surface area contributed by atoms with E-state index >= 15 is 0 Å². The highest BCUT2D eigenvalue weighted by Crippen LogP contribution is 2.30. The molecule has 20 heavy (non-hydrogen) atoms. The molecule has 0 aliphatic rings. The topological polar surface area (TPSA) is 60.2 Å². The number of nitrogens with zero attached hydrogens (tertiary/aromatic N) is 2. The van der Waals surface area contributed by atoms with Gasteiger partial charge in [-0.3, -0.25) is 0 Å². The van der Waals surface area contributed by atoms with Gasteiger partial charge in [0.05, 0.1) is 0 Å². The molecule has 2 heterocycles. The summed E-state index contributed by atoms with van der Waals surface area (Å²) in [5, 5.41) is 4.27. The Bertz CT molecular complexity index is 699. The van der Waals surface area contributed by atoms with Crippen LogP contribution in [0.3, 0.4) is 0 Å². The third kappa shape index (κ3) is 2.69. The van der Waals surface area contributed by atoms with E-state index in [1.807, 2.05) is 24.3 Å². The fourth-order valence-corrected chi connectivity index (χ4v) is 2.07. The molecule has 0 bridgehead atoms. The molecule has 0 radical (unpaired) electrons. The van der Waals surface area contributed by atoms with E-state index in [0.29, 0.717) is 5.58 Å². The van der Waals surface area contributed by atoms with Crippen molar-refractivity contribution < 1.29 is 9.15 Å². The number of rotatable bonds is 5. The number of nitrogens with one attached hydrogen (secondary N) is 1. The average molecular weight is 294 g/mol. The van der Waals surface area contributed by atoms with Crippen LogP contribution in [0.25, 0.3) is 22.1 Å². The number of ether oxygens (including phenoxy) is 1. The summed E-state index contributed by atoms with van der Waals surface area (Å²) in [5.74, 6) is 0.734. The minimum Gasteiger partial charge on any atom is -0.450 e. The van der Waals surface area contributed by atoms with E-state index in [0.717, 1.165) is 41.9 Å². The minimum absolute atomic E-state index is 0. The van der Waals surface area contributed by atoms with E-state index in [1.165, 1.54) is 0 Å². The Morgan fingerprint density at radius 2 is 2.10 bits per heavy atom. The van der Waals surface area contributed by atoms with Crippen molar-refractivity contribution in [1.29, 1.82) is 0 Å². The summed E-state index contributed by atoms with van der Waals surface area (Å²) < 4.78 is 10.8. The molecule has 0 amide bonds. The second kappa shape index (κ2) is 6.54. The molecule has 3 aromatic rings. The first-order chi connectivity index (χ1) is 9.40. The van der Waals surface area contributed by atoms with Gasteiger partial charge in [0.2, 0.25) is 0 Å². The van der Waals surface area contributed by atoms with Crippen molar-refractivity contribution in [3.8, 4) is 0 Å². The number of para-hydroxylation sites is 1. The third-order valence-electron chi connectivity index (χ3n) is 2.98. The van der Waals surface area contributed by atoms with Crippen LogP contribution in [0.2, 0.25) is 0 Å². The zero-order valence-corrected chi connectivity index (χ0v) is 11.9. The van der Waals surface area contributed by atoms with Crippen LogP contribution in [-0.4, -0.2) is 30.2 Å². The number of furan rings is 1. The highest BCUT2D eigenvalue weighted by Gasteiger charge is 2.11. The van der Waals surface area contributed by atoms with E-state index in [9.17, 15) is 0 Å². The van der Waals surface area contributed by atoms with Crippen LogP contribution in [-0.2, 0) is 4.74 Å². The lowest BCUT2D eigenvalue weighted by Crippen LogP contribution is -2.06. The summed E-state index contributed by atoms with van der Waals surface area (Å²) in [4.78, 5) is 8.55. The SMILES string of the molecule is COCCCNc1ncnc2c1oc1ccccc12.Cl. The van der Waals surface area contributed by atoms with Gasteiger partial charge in [-0.25, -0.2) is 9.97 Å². The van der Waals surface area contributed by atoms with E-state index in [1.54, 1.807) is 13.4 Å². The number of aromatic nitrogens is 2. The maximum absolute atomic E-state index is 5.82. The van der Waals surface area contributed by atoms with Crippen LogP contribution in [0.15, 0.2) is 35.0 Å². The Labute approximate surface area is 122 Å². The molecule has 1 N–H and O–H groups in total. The highest BCUT2D eigenvalue weighted by molar-refractivity contribution is 6.05. The third-order valence-corrected chi connectivity index (χ3v) is 2.98. The van der Waals surface area contributed by atoms with E-state index in [4.69, 9.17) is 9.15 Å². The van der Waals surface area contributed by atoms with Crippen molar-refractivity contribution >= 4 is 40.3 Å². The molecule has 0 atom stereocenters. The molecule has 0 saturated carbocycles. The lowest BCUT2D eigenvalue weighted by molar-refractivity contribution is 0.198. The maximum Gasteiger partial charge on any atom is 0.196 e. The molecule has 0 fully saturated rings. The Morgan fingerprint density at radius 1 is 1.25 bits per heavy atom. The minimum atomic E-state index is 0. The molecule has 0 unspecified atom stereocenters. The van der Waals surface area contributed by atoms with Crippen molar-refractivity contribution in [3.63, 3.8) is 0 Å². The van der Waals surface area contributed by atoms with Gasteiger partial charge in [0.25, 0.3) is 0 Å². The van der Waals surface area contributed by atoms with Crippen molar-refractivity contribution in [3.05, 3.63) is 30.6 Å². The fourth-order valence-electron chi connectivity index (χ4n) is 2.07. The van der Waals surface area contributed by atoms with Crippen LogP contribution in [0.1, 0.15) is 6.42 Å². The van der Waals surface area contributed by atoms with Crippen LogP contribution in [0, 0.1) is 0 Å². The molecule has 0 aliphatic heterocycles. The quantitative estimate of drug-likeness (QED) is 0.732. The van der Waals surface area contributed by atoms with Gasteiger partial charge in [-0.15, -0.1) is 12.4 Å². The lowest BCUT2D eigenvalue weighted by atomic mass is 10.2. The summed E-state index contributed by atoms with van der Waals surface area (Å²) in [7, 11) is 1.70. The van der Waals surface area contributed by atoms with Crippen molar-refractivity contribution in [2.75, 3.05) is 25.6 Å². The van der Waals surface area contributed by atoms with Crippen LogP contribution < -0.4 is 5.32 Å². The number of fused-ring (bicyclic) bond motifs is 3. The van der Waals surface area contributed by atoms with E-state index in [-0.39, 0.29) is 12.4 Å². The molecule has 3 rings (SSSR count). The number of hydrogen-bond donors (Lipinski definition) is 1. The van der Waals surface area contributed by atoms with Gasteiger partial charge in [-0.2, -0.15) is 0 Å². The fraction of sp³-hybridized carbons (Fsp3) is 0.286. The number of halogens is 1. The Morgan fingerprint density at radius 3 is 2.95 bits per heavy atom. The first-order valence-electron chi connectivity index (χ1n) is 6.25. The van der Waals surface area contributed by atoms with Crippen molar-refractivity contribution in [2.24, 2.45) is 0 Å². The van der Waals surface area contributed by atoms with Gasteiger partial charge in [0.15, 0.2) is 11.4 Å². The van der Waals surface area contributed by atoms with Gasteiger partial charge in [0, 0.05) is 25.6 Å². The van der Waals surface area contributed by atoms with Gasteiger partial charge in [-0.1, -0.05) is 12.1 Å². The maximum atomic E-state index is 5.82. The second-order valence-corrected chi connectivity index (χ2v) is 4.27. The molecule has 0 saturated heterocycles. The molecular weight excluding hydrogens is 278 g/mol. The summed E-state index contributed by atoms with van der Waals surface area (Å²) in [6, 6.07) is 7.86. The Balaban J connectivity index is 0.00000147. The van der Waals surface area contributed by atoms with Crippen LogP contribution in [0.5, 0.6) is 0 Å². The summed E-state index contributed by atoms with van der Waals surface area (Å²) in [6.07, 6.45) is 2.48. The van der Waals surface area contributed by atoms with Crippen LogP contribution in [0.4, 0.5) is 5.82 Å². The van der Waals surface area contributed by atoms with Crippen molar-refractivity contribution in [1.82, 2.24) is 9.97 Å². The van der Waals surface area contributed by atoms with Gasteiger partial charge in [0.1, 0.15) is 17.4 Å². The normalized spacial score (nSPS) is 10.7. The molecular formula is C14H16ClN3O2. The highest BCUT2D eigenvalue weighted by atomic mass is 35.5. The Kier molecular flexibility index (Phi) is 4.76. The smallest absolute Gasteiger partial charge is 0.196 e. The van der Waals surface area contributed by atoms with E-state index in [2.05, 4.69) is 15.3 Å². The predicted molar refractivity (Wildman–Crippen MR) is 81.5 cm³/mol. The molecule has 2 aromatic heterocycles. The molecule has 0 aliphatic carbocycles.